The molecule has 0 amide bonds. The van der Waals surface area contributed by atoms with Crippen molar-refractivity contribution in [2.24, 2.45) is 11.5 Å². The van der Waals surface area contributed by atoms with Gasteiger partial charge >= 0.3 is 15.6 Å². The Morgan fingerprint density at radius 2 is 1.43 bits per heavy atom. The number of rotatable bonds is 3. The van der Waals surface area contributed by atoms with Gasteiger partial charge in [-0.15, -0.1) is 0 Å². The molecule has 0 aromatic carbocycles. The van der Waals surface area contributed by atoms with Crippen LogP contribution in [0.4, 0.5) is 0 Å². The lowest BCUT2D eigenvalue weighted by Gasteiger charge is -2.03. The fourth-order valence-electron chi connectivity index (χ4n) is 0.139. The second-order valence-corrected chi connectivity index (χ2v) is 4.89. The molecular weight excluding hydrogens is 238 g/mol. The smallest absolute Gasteiger partial charge is 0.329 e. The molecule has 1 unspecified atom stereocenters. The first-order valence-corrected chi connectivity index (χ1v) is 6.32. The molecule has 0 fully saturated rings. The minimum atomic E-state index is -5.05. The third-order valence-electron chi connectivity index (χ3n) is 0.585. The van der Waals surface area contributed by atoms with Gasteiger partial charge in [-0.3, -0.25) is 0 Å². The van der Waals surface area contributed by atoms with Crippen LogP contribution in [0.1, 0.15) is 6.92 Å². The van der Waals surface area contributed by atoms with E-state index in [1.54, 1.807) is 0 Å². The third kappa shape index (κ3) is 22.8. The third-order valence-corrected chi connectivity index (χ3v) is 2.29. The summed E-state index contributed by atoms with van der Waals surface area (Å²) in [4.78, 5) is 31.0. The fourth-order valence-corrected chi connectivity index (χ4v) is 1.25. The van der Waals surface area contributed by atoms with Gasteiger partial charge in [-0.2, -0.15) is 4.31 Å². The van der Waals surface area contributed by atoms with Crippen LogP contribution in [0.15, 0.2) is 0 Å². The minimum Gasteiger partial charge on any atom is -0.329 e. The van der Waals surface area contributed by atoms with Crippen molar-refractivity contribution in [1.29, 1.82) is 0 Å². The summed E-state index contributed by atoms with van der Waals surface area (Å²) in [6, 6.07) is 0.162. The van der Waals surface area contributed by atoms with Crippen LogP contribution in [0.5, 0.6) is 0 Å². The van der Waals surface area contributed by atoms with Gasteiger partial charge in [0.15, 0.2) is 0 Å². The molecule has 0 rings (SSSR count). The molecule has 0 aromatic rings. The lowest BCUT2D eigenvalue weighted by Crippen LogP contribution is -2.25. The molecule has 0 radical (unpaired) electrons. The molecule has 0 saturated carbocycles. The highest BCUT2D eigenvalue weighted by molar-refractivity contribution is 7.60. The largest absolute Gasteiger partial charge is 0.478 e. The van der Waals surface area contributed by atoms with Crippen LogP contribution in [-0.4, -0.2) is 32.2 Å². The van der Waals surface area contributed by atoms with Crippen molar-refractivity contribution in [3.8, 4) is 0 Å². The molecule has 0 heterocycles. The molecule has 0 aliphatic rings. The molecule has 9 nitrogen and oxygen atoms in total. The first-order chi connectivity index (χ1) is 5.98. The van der Waals surface area contributed by atoms with E-state index in [-0.39, 0.29) is 6.04 Å². The first kappa shape index (κ1) is 16.6. The minimum absolute atomic E-state index is 0.162. The van der Waals surface area contributed by atoms with Gasteiger partial charge in [0.25, 0.3) is 0 Å². The molecule has 14 heavy (non-hydrogen) atoms. The lowest BCUT2D eigenvalue weighted by molar-refractivity contribution is 0.225. The zero-order valence-electron chi connectivity index (χ0n) is 7.35. The van der Waals surface area contributed by atoms with E-state index >= 15 is 0 Å². The quantitative estimate of drug-likeness (QED) is 0.325. The highest BCUT2D eigenvalue weighted by Crippen LogP contribution is 2.53. The maximum absolute atomic E-state index is 9.63. The van der Waals surface area contributed by atoms with Gasteiger partial charge in [-0.1, -0.05) is 0 Å². The number of hydrogen-bond donors (Lipinski definition) is 6. The highest BCUT2D eigenvalue weighted by Gasteiger charge is 2.27. The maximum atomic E-state index is 9.63. The predicted molar refractivity (Wildman–Crippen MR) is 47.9 cm³/mol. The van der Waals surface area contributed by atoms with Gasteiger partial charge in [0.05, 0.1) is 0 Å². The Balaban J connectivity index is 0. The Kier molecular flexibility index (Phi) is 7.86. The van der Waals surface area contributed by atoms with Crippen molar-refractivity contribution >= 4 is 15.6 Å². The van der Waals surface area contributed by atoms with Gasteiger partial charge in [-0.05, 0) is 6.92 Å². The van der Waals surface area contributed by atoms with Crippen molar-refractivity contribution in [2.75, 3.05) is 6.54 Å². The summed E-state index contributed by atoms with van der Waals surface area (Å²) in [5.74, 6) is 0. The molecule has 0 saturated heterocycles. The zero-order valence-corrected chi connectivity index (χ0v) is 9.14. The van der Waals surface area contributed by atoms with E-state index in [2.05, 4.69) is 4.31 Å². The summed E-state index contributed by atoms with van der Waals surface area (Å²) in [6.07, 6.45) is 0. The topological polar surface area (TPSA) is 176 Å². The van der Waals surface area contributed by atoms with E-state index in [4.69, 9.17) is 31.0 Å². The Labute approximate surface area is 80.5 Å². The summed E-state index contributed by atoms with van der Waals surface area (Å²) >= 11 is 0. The fraction of sp³-hybridized carbons (Fsp3) is 1.00. The van der Waals surface area contributed by atoms with Crippen molar-refractivity contribution in [3.05, 3.63) is 0 Å². The standard InChI is InChI=1S/C3H10N2.H4O7P2/c1-3(5)2-4;1-8(2,3)7-9(4,5)6/h3H,2,4-5H2,1H3;(H2,1,2,3)(H2,4,5,6). The monoisotopic (exact) mass is 252 g/mol. The van der Waals surface area contributed by atoms with Crippen LogP contribution in [-0.2, 0) is 13.4 Å². The summed E-state index contributed by atoms with van der Waals surface area (Å²) < 4.78 is 22.2. The van der Waals surface area contributed by atoms with E-state index in [9.17, 15) is 9.13 Å². The number of nitrogens with two attached hydrogens (primary N) is 2. The molecule has 0 aromatic heterocycles. The zero-order chi connectivity index (χ0) is 12.0. The van der Waals surface area contributed by atoms with Gasteiger partial charge in [-0.25, -0.2) is 9.13 Å². The van der Waals surface area contributed by atoms with Crippen molar-refractivity contribution < 1.29 is 33.0 Å². The average Bonchev–Trinajstić information content (AvgIpc) is 1.80. The maximum Gasteiger partial charge on any atom is 0.478 e. The molecule has 0 bridgehead atoms. The van der Waals surface area contributed by atoms with Crippen LogP contribution in [0, 0.1) is 0 Å². The number of phosphoric acid groups is 2. The van der Waals surface area contributed by atoms with Gasteiger partial charge in [0, 0.05) is 12.6 Å². The van der Waals surface area contributed by atoms with Crippen molar-refractivity contribution in [3.63, 3.8) is 0 Å². The Bertz CT molecular complexity index is 211. The van der Waals surface area contributed by atoms with Crippen LogP contribution in [0.2, 0.25) is 0 Å². The summed E-state index contributed by atoms with van der Waals surface area (Å²) in [6.45, 7) is 2.46. The molecule has 88 valence electrons. The van der Waals surface area contributed by atoms with E-state index in [1.807, 2.05) is 6.92 Å². The molecular formula is C3H14N2O7P2. The van der Waals surface area contributed by atoms with E-state index in [1.165, 1.54) is 0 Å². The van der Waals surface area contributed by atoms with E-state index in [0.29, 0.717) is 6.54 Å². The van der Waals surface area contributed by atoms with Crippen LogP contribution < -0.4 is 11.5 Å². The van der Waals surface area contributed by atoms with E-state index in [0.717, 1.165) is 0 Å². The molecule has 11 heteroatoms. The SMILES string of the molecule is CC(N)CN.O=P(O)(O)OP(=O)(O)O. The van der Waals surface area contributed by atoms with E-state index < -0.39 is 15.6 Å². The first-order valence-electron chi connectivity index (χ1n) is 3.26. The molecule has 8 N–H and O–H groups in total. The van der Waals surface area contributed by atoms with Crippen molar-refractivity contribution in [2.45, 2.75) is 13.0 Å². The summed E-state index contributed by atoms with van der Waals surface area (Å²) in [5, 5.41) is 0. The number of hydrogen-bond acceptors (Lipinski definition) is 5. The Morgan fingerprint density at radius 1 is 1.21 bits per heavy atom. The lowest BCUT2D eigenvalue weighted by atomic mass is 10.4. The normalized spacial score (nSPS) is 14.2. The highest BCUT2D eigenvalue weighted by atomic mass is 31.3. The van der Waals surface area contributed by atoms with Gasteiger partial charge < -0.3 is 31.0 Å². The Hall–Kier alpha value is 0.180. The second-order valence-electron chi connectivity index (χ2n) is 2.28. The second kappa shape index (κ2) is 6.62. The summed E-state index contributed by atoms with van der Waals surface area (Å²) in [7, 11) is -10.1. The average molecular weight is 252 g/mol. The molecule has 1 atom stereocenters. The molecule has 0 aliphatic carbocycles. The Morgan fingerprint density at radius 3 is 1.43 bits per heavy atom. The van der Waals surface area contributed by atoms with Crippen molar-refractivity contribution in [1.82, 2.24) is 0 Å². The molecule has 0 aliphatic heterocycles. The molecule has 0 spiro atoms. The van der Waals surface area contributed by atoms with Crippen LogP contribution in [0.25, 0.3) is 0 Å². The van der Waals surface area contributed by atoms with Gasteiger partial charge in [0.1, 0.15) is 0 Å². The van der Waals surface area contributed by atoms with Crippen LogP contribution in [0.3, 0.4) is 0 Å². The predicted octanol–water partition coefficient (Wildman–Crippen LogP) is -1.52. The van der Waals surface area contributed by atoms with Gasteiger partial charge in [0.2, 0.25) is 0 Å². The summed E-state index contributed by atoms with van der Waals surface area (Å²) in [5.41, 5.74) is 10.2. The van der Waals surface area contributed by atoms with Crippen LogP contribution >= 0.6 is 15.6 Å².